The van der Waals surface area contributed by atoms with E-state index < -0.39 is 0 Å². The molecule has 0 aliphatic rings. The molecule has 1 N–H and O–H groups in total. The minimum atomic E-state index is -0.0924. The van der Waals surface area contributed by atoms with Gasteiger partial charge in [-0.15, -0.1) is 0 Å². The molecule has 3 rings (SSSR count). The van der Waals surface area contributed by atoms with E-state index in [2.05, 4.69) is 5.32 Å². The molecule has 0 spiro atoms. The first kappa shape index (κ1) is 19.5. The van der Waals surface area contributed by atoms with Gasteiger partial charge in [0.2, 0.25) is 0 Å². The van der Waals surface area contributed by atoms with Gasteiger partial charge in [-0.25, -0.2) is 0 Å². The van der Waals surface area contributed by atoms with Crippen LogP contribution in [0.4, 0.5) is 0 Å². The van der Waals surface area contributed by atoms with Gasteiger partial charge < -0.3 is 14.8 Å². The summed E-state index contributed by atoms with van der Waals surface area (Å²) in [4.78, 5) is 12.4. The van der Waals surface area contributed by atoms with Gasteiger partial charge in [0.05, 0.1) is 7.11 Å². The van der Waals surface area contributed by atoms with E-state index in [9.17, 15) is 4.79 Å². The lowest BCUT2D eigenvalue weighted by Crippen LogP contribution is -2.24. The van der Waals surface area contributed by atoms with Crippen LogP contribution in [0.25, 0.3) is 0 Å². The summed E-state index contributed by atoms with van der Waals surface area (Å²) in [7, 11) is 1.67. The molecular weight excluding hydrogens is 350 g/mol. The van der Waals surface area contributed by atoms with Crippen molar-refractivity contribution >= 4 is 5.91 Å². The van der Waals surface area contributed by atoms with Crippen molar-refractivity contribution in [3.05, 3.63) is 95.6 Å². The van der Waals surface area contributed by atoms with Gasteiger partial charge in [0.15, 0.2) is 0 Å². The smallest absolute Gasteiger partial charge is 0.251 e. The van der Waals surface area contributed by atoms with Gasteiger partial charge in [-0.05, 0) is 48.2 Å². The number of carbonyl (C=O) groups is 1. The maximum atomic E-state index is 12.4. The van der Waals surface area contributed by atoms with Crippen molar-refractivity contribution in [2.75, 3.05) is 13.7 Å². The third-order valence-electron chi connectivity index (χ3n) is 4.45. The van der Waals surface area contributed by atoms with Crippen LogP contribution in [0.2, 0.25) is 0 Å². The van der Waals surface area contributed by atoms with Crippen LogP contribution in [0.5, 0.6) is 11.5 Å². The molecule has 0 aliphatic carbocycles. The van der Waals surface area contributed by atoms with E-state index in [1.165, 1.54) is 0 Å². The zero-order valence-electron chi connectivity index (χ0n) is 16.1. The average molecular weight is 375 g/mol. The molecule has 0 heterocycles. The van der Waals surface area contributed by atoms with E-state index >= 15 is 0 Å². The predicted octanol–water partition coefficient (Wildman–Crippen LogP) is 4.64. The summed E-state index contributed by atoms with van der Waals surface area (Å²) in [6, 6.07) is 25.2. The SMILES string of the molecule is COc1ccccc1CCCNC(=O)c1cccc(OCc2ccccc2)c1. The van der Waals surface area contributed by atoms with E-state index in [0.29, 0.717) is 24.5 Å². The van der Waals surface area contributed by atoms with Crippen LogP contribution < -0.4 is 14.8 Å². The Labute approximate surface area is 166 Å². The topological polar surface area (TPSA) is 47.6 Å². The molecule has 4 nitrogen and oxygen atoms in total. The monoisotopic (exact) mass is 375 g/mol. The zero-order chi connectivity index (χ0) is 19.6. The van der Waals surface area contributed by atoms with Crippen molar-refractivity contribution in [3.63, 3.8) is 0 Å². The van der Waals surface area contributed by atoms with Gasteiger partial charge in [-0.2, -0.15) is 0 Å². The highest BCUT2D eigenvalue weighted by Gasteiger charge is 2.07. The lowest BCUT2D eigenvalue weighted by molar-refractivity contribution is 0.0952. The van der Waals surface area contributed by atoms with Crippen LogP contribution in [0, 0.1) is 0 Å². The number of amides is 1. The molecule has 0 saturated heterocycles. The second kappa shape index (κ2) is 10.2. The second-order valence-electron chi connectivity index (χ2n) is 6.47. The maximum Gasteiger partial charge on any atom is 0.251 e. The van der Waals surface area contributed by atoms with Crippen LogP contribution in [0.15, 0.2) is 78.9 Å². The largest absolute Gasteiger partial charge is 0.496 e. The number of nitrogens with one attached hydrogen (secondary N) is 1. The molecule has 144 valence electrons. The van der Waals surface area contributed by atoms with Gasteiger partial charge >= 0.3 is 0 Å². The number of methoxy groups -OCH3 is 1. The summed E-state index contributed by atoms with van der Waals surface area (Å²) in [5, 5.41) is 2.97. The van der Waals surface area contributed by atoms with Gasteiger partial charge in [0.25, 0.3) is 5.91 Å². The molecule has 0 aromatic heterocycles. The molecule has 0 saturated carbocycles. The number of carbonyl (C=O) groups excluding carboxylic acids is 1. The Morgan fingerprint density at radius 2 is 1.71 bits per heavy atom. The third kappa shape index (κ3) is 5.61. The summed E-state index contributed by atoms with van der Waals surface area (Å²) in [5.41, 5.74) is 2.84. The Kier molecular flexibility index (Phi) is 7.08. The number of hydrogen-bond donors (Lipinski definition) is 1. The number of ether oxygens (including phenoxy) is 2. The van der Waals surface area contributed by atoms with E-state index in [0.717, 1.165) is 29.7 Å². The third-order valence-corrected chi connectivity index (χ3v) is 4.45. The summed E-state index contributed by atoms with van der Waals surface area (Å²) in [6.07, 6.45) is 1.70. The predicted molar refractivity (Wildman–Crippen MR) is 111 cm³/mol. The number of aryl methyl sites for hydroxylation is 1. The number of para-hydroxylation sites is 1. The molecule has 4 heteroatoms. The Bertz CT molecular complexity index is 893. The standard InChI is InChI=1S/C24H25NO3/c1-27-23-15-6-5-11-20(23)13-8-16-25-24(26)21-12-7-14-22(17-21)28-18-19-9-3-2-4-10-19/h2-7,9-12,14-15,17H,8,13,16,18H2,1H3,(H,25,26). The molecule has 0 bridgehead atoms. The summed E-state index contributed by atoms with van der Waals surface area (Å²) < 4.78 is 11.2. The highest BCUT2D eigenvalue weighted by Crippen LogP contribution is 2.19. The molecule has 0 radical (unpaired) electrons. The van der Waals surface area contributed by atoms with Gasteiger partial charge in [0.1, 0.15) is 18.1 Å². The van der Waals surface area contributed by atoms with Crippen molar-refractivity contribution in [1.82, 2.24) is 5.32 Å². The number of benzene rings is 3. The fourth-order valence-electron chi connectivity index (χ4n) is 2.96. The highest BCUT2D eigenvalue weighted by atomic mass is 16.5. The number of rotatable bonds is 9. The van der Waals surface area contributed by atoms with Crippen LogP contribution >= 0.6 is 0 Å². The van der Waals surface area contributed by atoms with Gasteiger partial charge in [-0.1, -0.05) is 54.6 Å². The lowest BCUT2D eigenvalue weighted by Gasteiger charge is -2.10. The van der Waals surface area contributed by atoms with Crippen LogP contribution in [0.1, 0.15) is 27.9 Å². The molecule has 0 atom stereocenters. The zero-order valence-corrected chi connectivity index (χ0v) is 16.1. The Balaban J connectivity index is 1.47. The molecule has 3 aromatic rings. The first-order valence-corrected chi connectivity index (χ1v) is 9.43. The van der Waals surface area contributed by atoms with Crippen molar-refractivity contribution < 1.29 is 14.3 Å². The summed E-state index contributed by atoms with van der Waals surface area (Å²) >= 11 is 0. The first-order valence-electron chi connectivity index (χ1n) is 9.43. The first-order chi connectivity index (χ1) is 13.8. The quantitative estimate of drug-likeness (QED) is 0.555. The van der Waals surface area contributed by atoms with Crippen LogP contribution in [-0.2, 0) is 13.0 Å². The Morgan fingerprint density at radius 1 is 0.929 bits per heavy atom. The minimum absolute atomic E-state index is 0.0924. The number of hydrogen-bond acceptors (Lipinski definition) is 3. The van der Waals surface area contributed by atoms with Crippen LogP contribution in [0.3, 0.4) is 0 Å². The second-order valence-corrected chi connectivity index (χ2v) is 6.47. The molecule has 0 unspecified atom stereocenters. The Morgan fingerprint density at radius 3 is 2.54 bits per heavy atom. The van der Waals surface area contributed by atoms with Crippen molar-refractivity contribution in [3.8, 4) is 11.5 Å². The lowest BCUT2D eigenvalue weighted by atomic mass is 10.1. The molecule has 3 aromatic carbocycles. The van der Waals surface area contributed by atoms with Crippen molar-refractivity contribution in [1.29, 1.82) is 0 Å². The fourth-order valence-corrected chi connectivity index (χ4v) is 2.96. The van der Waals surface area contributed by atoms with E-state index in [4.69, 9.17) is 9.47 Å². The summed E-state index contributed by atoms with van der Waals surface area (Å²) in [6.45, 7) is 1.08. The van der Waals surface area contributed by atoms with Gasteiger partial charge in [0, 0.05) is 12.1 Å². The van der Waals surface area contributed by atoms with Crippen molar-refractivity contribution in [2.24, 2.45) is 0 Å². The molecular formula is C24H25NO3. The van der Waals surface area contributed by atoms with Gasteiger partial charge in [-0.3, -0.25) is 4.79 Å². The fraction of sp³-hybridized carbons (Fsp3) is 0.208. The molecule has 1 amide bonds. The van der Waals surface area contributed by atoms with E-state index in [-0.39, 0.29) is 5.91 Å². The Hall–Kier alpha value is -3.27. The van der Waals surface area contributed by atoms with Crippen LogP contribution in [-0.4, -0.2) is 19.6 Å². The molecule has 28 heavy (non-hydrogen) atoms. The normalized spacial score (nSPS) is 10.3. The molecule has 0 aliphatic heterocycles. The average Bonchev–Trinajstić information content (AvgIpc) is 2.76. The van der Waals surface area contributed by atoms with E-state index in [1.54, 1.807) is 19.2 Å². The highest BCUT2D eigenvalue weighted by molar-refractivity contribution is 5.94. The minimum Gasteiger partial charge on any atom is -0.496 e. The van der Waals surface area contributed by atoms with E-state index in [1.807, 2.05) is 66.7 Å². The van der Waals surface area contributed by atoms with Crippen molar-refractivity contribution in [2.45, 2.75) is 19.4 Å². The molecule has 0 fully saturated rings. The summed E-state index contributed by atoms with van der Waals surface area (Å²) in [5.74, 6) is 1.48. The maximum absolute atomic E-state index is 12.4.